The molecular formula is C9H14N4O5. The maximum Gasteiger partial charge on any atom is 0.271 e. The molecule has 2 heterocycles. The lowest BCUT2D eigenvalue weighted by atomic mass is 10.0. The van der Waals surface area contributed by atoms with Crippen molar-refractivity contribution in [2.24, 2.45) is 5.73 Å². The fourth-order valence-corrected chi connectivity index (χ4v) is 1.80. The number of primary amides is 1. The summed E-state index contributed by atoms with van der Waals surface area (Å²) in [4.78, 5) is 14.7. The quantitative estimate of drug-likeness (QED) is 0.382. The third-order valence-corrected chi connectivity index (χ3v) is 2.81. The second-order valence-corrected chi connectivity index (χ2v) is 4.02. The normalized spacial score (nSPS) is 32.4. The van der Waals surface area contributed by atoms with Crippen LogP contribution in [-0.4, -0.2) is 55.7 Å². The van der Waals surface area contributed by atoms with E-state index in [1.54, 1.807) is 0 Å². The van der Waals surface area contributed by atoms with Crippen LogP contribution >= 0.6 is 0 Å². The summed E-state index contributed by atoms with van der Waals surface area (Å²) in [7, 11) is 0. The number of nitrogen functional groups attached to an aromatic ring is 1. The van der Waals surface area contributed by atoms with Crippen molar-refractivity contribution in [3.8, 4) is 0 Å². The lowest BCUT2D eigenvalue weighted by Crippen LogP contribution is -2.50. The van der Waals surface area contributed by atoms with Gasteiger partial charge in [0.25, 0.3) is 5.91 Å². The topological polar surface area (TPSA) is 157 Å². The molecule has 0 radical (unpaired) electrons. The molecule has 4 unspecified atom stereocenters. The number of aliphatic hydroxyl groups excluding tert-OH is 3. The van der Waals surface area contributed by atoms with Gasteiger partial charge in [-0.25, -0.2) is 4.98 Å². The van der Waals surface area contributed by atoms with E-state index in [2.05, 4.69) is 4.98 Å². The Hall–Kier alpha value is -1.68. The van der Waals surface area contributed by atoms with E-state index >= 15 is 0 Å². The van der Waals surface area contributed by atoms with Crippen LogP contribution in [0.15, 0.2) is 6.33 Å². The summed E-state index contributed by atoms with van der Waals surface area (Å²) in [6.45, 7) is -0.174. The molecule has 1 aromatic rings. The molecule has 2 rings (SSSR count). The average Bonchev–Trinajstić information content (AvgIpc) is 2.69. The molecule has 100 valence electrons. The number of imidazole rings is 1. The highest BCUT2D eigenvalue weighted by molar-refractivity contribution is 5.95. The van der Waals surface area contributed by atoms with E-state index in [-0.39, 0.29) is 18.1 Å². The van der Waals surface area contributed by atoms with Gasteiger partial charge in [0.1, 0.15) is 24.1 Å². The van der Waals surface area contributed by atoms with Crippen LogP contribution in [0.2, 0.25) is 0 Å². The number of aliphatic hydroxyl groups is 3. The maximum absolute atomic E-state index is 11.0. The third-order valence-electron chi connectivity index (χ3n) is 2.81. The number of ether oxygens (including phenoxy) is 1. The predicted molar refractivity (Wildman–Crippen MR) is 58.2 cm³/mol. The smallest absolute Gasteiger partial charge is 0.271 e. The molecule has 1 fully saturated rings. The van der Waals surface area contributed by atoms with E-state index in [1.165, 1.54) is 10.9 Å². The first-order valence-electron chi connectivity index (χ1n) is 5.21. The van der Waals surface area contributed by atoms with Crippen molar-refractivity contribution in [2.75, 3.05) is 12.3 Å². The first-order valence-corrected chi connectivity index (χ1v) is 5.21. The minimum atomic E-state index is -1.40. The van der Waals surface area contributed by atoms with Crippen LogP contribution in [0.5, 0.6) is 0 Å². The summed E-state index contributed by atoms with van der Waals surface area (Å²) in [6.07, 6.45) is -3.82. The van der Waals surface area contributed by atoms with E-state index in [9.17, 15) is 20.1 Å². The van der Waals surface area contributed by atoms with Crippen LogP contribution in [0.1, 0.15) is 16.7 Å². The molecule has 0 saturated carbocycles. The summed E-state index contributed by atoms with van der Waals surface area (Å²) < 4.78 is 6.34. The van der Waals surface area contributed by atoms with Crippen molar-refractivity contribution < 1.29 is 24.9 Å². The van der Waals surface area contributed by atoms with Gasteiger partial charge in [-0.05, 0) is 0 Å². The lowest BCUT2D eigenvalue weighted by Gasteiger charge is -2.35. The van der Waals surface area contributed by atoms with Crippen molar-refractivity contribution in [3.63, 3.8) is 0 Å². The highest BCUT2D eigenvalue weighted by Crippen LogP contribution is 2.27. The Bertz CT molecular complexity index is 462. The molecule has 9 nitrogen and oxygen atoms in total. The Morgan fingerprint density at radius 2 is 2.11 bits per heavy atom. The first-order chi connectivity index (χ1) is 8.43. The van der Waals surface area contributed by atoms with Crippen molar-refractivity contribution in [1.82, 2.24) is 9.55 Å². The number of carbonyl (C=O) groups excluding carboxylic acids is 1. The van der Waals surface area contributed by atoms with Gasteiger partial charge in [0.2, 0.25) is 0 Å². The molecule has 4 atom stereocenters. The fraction of sp³-hybridized carbons (Fsp3) is 0.556. The van der Waals surface area contributed by atoms with E-state index in [1.807, 2.05) is 0 Å². The third kappa shape index (κ3) is 1.93. The van der Waals surface area contributed by atoms with Crippen LogP contribution < -0.4 is 11.5 Å². The van der Waals surface area contributed by atoms with Crippen LogP contribution in [0, 0.1) is 0 Å². The Morgan fingerprint density at radius 3 is 2.67 bits per heavy atom. The van der Waals surface area contributed by atoms with E-state index < -0.39 is 30.4 Å². The Balaban J connectivity index is 2.29. The minimum absolute atomic E-state index is 0.0739. The van der Waals surface area contributed by atoms with E-state index in [0.29, 0.717) is 0 Å². The molecule has 1 amide bonds. The van der Waals surface area contributed by atoms with Gasteiger partial charge in [-0.3, -0.25) is 9.36 Å². The Kier molecular flexibility index (Phi) is 3.22. The monoisotopic (exact) mass is 258 g/mol. The SMILES string of the molecule is NC(=O)c1ncn(C2OCC(O)C(O)C2O)c1N. The molecule has 0 bridgehead atoms. The number of carbonyl (C=O) groups is 1. The number of hydrogen-bond acceptors (Lipinski definition) is 7. The fourth-order valence-electron chi connectivity index (χ4n) is 1.80. The first kappa shape index (κ1) is 12.8. The van der Waals surface area contributed by atoms with Crippen molar-refractivity contribution in [2.45, 2.75) is 24.5 Å². The largest absolute Gasteiger partial charge is 0.388 e. The summed E-state index contributed by atoms with van der Waals surface area (Å²) >= 11 is 0. The highest BCUT2D eigenvalue weighted by atomic mass is 16.5. The molecule has 9 heteroatoms. The molecule has 1 aliphatic heterocycles. The van der Waals surface area contributed by atoms with Crippen molar-refractivity contribution in [3.05, 3.63) is 12.0 Å². The minimum Gasteiger partial charge on any atom is -0.388 e. The Morgan fingerprint density at radius 1 is 1.44 bits per heavy atom. The van der Waals surface area contributed by atoms with Crippen LogP contribution in [0.3, 0.4) is 0 Å². The van der Waals surface area contributed by atoms with Crippen LogP contribution in [-0.2, 0) is 4.74 Å². The number of rotatable bonds is 2. The molecule has 18 heavy (non-hydrogen) atoms. The zero-order valence-electron chi connectivity index (χ0n) is 9.30. The molecule has 7 N–H and O–H groups in total. The lowest BCUT2D eigenvalue weighted by molar-refractivity contribution is -0.210. The van der Waals surface area contributed by atoms with Gasteiger partial charge in [-0.1, -0.05) is 0 Å². The molecule has 0 spiro atoms. The molecule has 1 aromatic heterocycles. The van der Waals surface area contributed by atoms with Crippen LogP contribution in [0.25, 0.3) is 0 Å². The standard InChI is InChI=1S/C9H14N4O5/c10-7-4(8(11)17)12-2-13(7)9-6(16)5(15)3(14)1-18-9/h2-3,5-6,9,14-16H,1,10H2,(H2,11,17). The molecule has 1 saturated heterocycles. The number of anilines is 1. The van der Waals surface area contributed by atoms with Gasteiger partial charge in [0.15, 0.2) is 11.9 Å². The maximum atomic E-state index is 11.0. The molecular weight excluding hydrogens is 244 g/mol. The predicted octanol–water partition coefficient (Wildman–Crippen LogP) is -2.82. The molecule has 1 aliphatic rings. The number of nitrogens with zero attached hydrogens (tertiary/aromatic N) is 2. The second-order valence-electron chi connectivity index (χ2n) is 4.02. The Labute approximate surface area is 102 Å². The summed E-state index contributed by atoms with van der Waals surface area (Å²) in [6, 6.07) is 0. The van der Waals surface area contributed by atoms with Gasteiger partial charge in [-0.2, -0.15) is 0 Å². The summed E-state index contributed by atoms with van der Waals surface area (Å²) in [5.41, 5.74) is 10.5. The van der Waals surface area contributed by atoms with E-state index in [0.717, 1.165) is 0 Å². The van der Waals surface area contributed by atoms with E-state index in [4.69, 9.17) is 16.2 Å². The highest BCUT2D eigenvalue weighted by Gasteiger charge is 2.39. The number of amides is 1. The number of hydrogen-bond donors (Lipinski definition) is 5. The molecule has 0 aromatic carbocycles. The second kappa shape index (κ2) is 4.53. The van der Waals surface area contributed by atoms with Gasteiger partial charge >= 0.3 is 0 Å². The molecule has 0 aliphatic carbocycles. The summed E-state index contributed by atoms with van der Waals surface area (Å²) in [5, 5.41) is 28.6. The number of aromatic nitrogens is 2. The van der Waals surface area contributed by atoms with Crippen LogP contribution in [0.4, 0.5) is 5.82 Å². The zero-order valence-corrected chi connectivity index (χ0v) is 9.30. The zero-order chi connectivity index (χ0) is 13.4. The van der Waals surface area contributed by atoms with Gasteiger partial charge in [-0.15, -0.1) is 0 Å². The van der Waals surface area contributed by atoms with Gasteiger partial charge in [0.05, 0.1) is 12.9 Å². The van der Waals surface area contributed by atoms with Crippen molar-refractivity contribution >= 4 is 11.7 Å². The van der Waals surface area contributed by atoms with Gasteiger partial charge < -0.3 is 31.5 Å². The number of nitrogens with two attached hydrogens (primary N) is 2. The average molecular weight is 258 g/mol. The summed E-state index contributed by atoms with van der Waals surface area (Å²) in [5.74, 6) is -0.882. The van der Waals surface area contributed by atoms with Crippen molar-refractivity contribution in [1.29, 1.82) is 0 Å². The van der Waals surface area contributed by atoms with Gasteiger partial charge in [0, 0.05) is 0 Å².